The quantitative estimate of drug-likeness (QED) is 0.701. The van der Waals surface area contributed by atoms with E-state index >= 15 is 0 Å². The normalized spacial score (nSPS) is 12.6. The van der Waals surface area contributed by atoms with Gasteiger partial charge in [-0.25, -0.2) is 4.79 Å². The van der Waals surface area contributed by atoms with Gasteiger partial charge in [0.1, 0.15) is 0 Å². The first-order chi connectivity index (χ1) is 7.51. The molecule has 0 aliphatic carbocycles. The number of nitrogens with one attached hydrogen (secondary N) is 1. The lowest BCUT2D eigenvalue weighted by atomic mass is 10.0. The van der Waals surface area contributed by atoms with Gasteiger partial charge in [-0.1, -0.05) is 26.7 Å². The van der Waals surface area contributed by atoms with Crippen molar-refractivity contribution in [3.05, 3.63) is 0 Å². The van der Waals surface area contributed by atoms with Gasteiger partial charge in [0.05, 0.1) is 6.10 Å². The van der Waals surface area contributed by atoms with Crippen molar-refractivity contribution in [2.45, 2.75) is 46.1 Å². The van der Waals surface area contributed by atoms with E-state index in [-0.39, 0.29) is 12.1 Å². The van der Waals surface area contributed by atoms with Gasteiger partial charge in [-0.3, -0.25) is 0 Å². The van der Waals surface area contributed by atoms with Crippen molar-refractivity contribution in [2.24, 2.45) is 5.92 Å². The van der Waals surface area contributed by atoms with Gasteiger partial charge in [0, 0.05) is 20.1 Å². The SMILES string of the molecule is CCC(CC)CNC(=O)N(C)CCC(C)O. The van der Waals surface area contributed by atoms with Gasteiger partial charge in [0.15, 0.2) is 0 Å². The third-order valence-electron chi connectivity index (χ3n) is 2.93. The zero-order valence-electron chi connectivity index (χ0n) is 11.0. The molecule has 4 nitrogen and oxygen atoms in total. The van der Waals surface area contributed by atoms with Crippen LogP contribution in [0.3, 0.4) is 0 Å². The molecule has 1 unspecified atom stereocenters. The van der Waals surface area contributed by atoms with Crippen molar-refractivity contribution in [2.75, 3.05) is 20.1 Å². The molecule has 0 saturated carbocycles. The molecule has 0 aromatic carbocycles. The molecule has 16 heavy (non-hydrogen) atoms. The van der Waals surface area contributed by atoms with E-state index in [1.807, 2.05) is 0 Å². The fourth-order valence-corrected chi connectivity index (χ4v) is 1.43. The van der Waals surface area contributed by atoms with E-state index in [1.165, 1.54) is 0 Å². The Bertz CT molecular complexity index is 191. The van der Waals surface area contributed by atoms with Gasteiger partial charge < -0.3 is 15.3 Å². The number of rotatable bonds is 7. The monoisotopic (exact) mass is 230 g/mol. The van der Waals surface area contributed by atoms with Crippen LogP contribution < -0.4 is 5.32 Å². The summed E-state index contributed by atoms with van der Waals surface area (Å²) in [6, 6.07) is -0.0486. The molecule has 0 bridgehead atoms. The van der Waals surface area contributed by atoms with Crippen LogP contribution in [0.4, 0.5) is 4.79 Å². The maximum absolute atomic E-state index is 11.6. The van der Waals surface area contributed by atoms with Crippen LogP contribution in [0.1, 0.15) is 40.0 Å². The molecule has 0 heterocycles. The third kappa shape index (κ3) is 6.67. The van der Waals surface area contributed by atoms with Crippen molar-refractivity contribution < 1.29 is 9.90 Å². The second kappa shape index (κ2) is 8.39. The molecule has 4 heteroatoms. The van der Waals surface area contributed by atoms with Crippen molar-refractivity contribution in [1.29, 1.82) is 0 Å². The summed E-state index contributed by atoms with van der Waals surface area (Å²) in [6.45, 7) is 7.34. The van der Waals surface area contributed by atoms with Crippen LogP contribution in [0.15, 0.2) is 0 Å². The van der Waals surface area contributed by atoms with Crippen LogP contribution in [0.25, 0.3) is 0 Å². The van der Waals surface area contributed by atoms with Gasteiger partial charge in [0.25, 0.3) is 0 Å². The molecule has 0 rings (SSSR count). The number of carbonyl (C=O) groups is 1. The van der Waals surface area contributed by atoms with Crippen molar-refractivity contribution in [1.82, 2.24) is 10.2 Å². The number of aliphatic hydroxyl groups excluding tert-OH is 1. The lowest BCUT2D eigenvalue weighted by Crippen LogP contribution is -2.40. The summed E-state index contributed by atoms with van der Waals surface area (Å²) < 4.78 is 0. The summed E-state index contributed by atoms with van der Waals surface area (Å²) in [5.41, 5.74) is 0. The Morgan fingerprint density at radius 1 is 1.38 bits per heavy atom. The number of nitrogens with zero attached hydrogens (tertiary/aromatic N) is 1. The van der Waals surface area contributed by atoms with Crippen LogP contribution in [-0.2, 0) is 0 Å². The topological polar surface area (TPSA) is 52.6 Å². The van der Waals surface area contributed by atoms with Crippen LogP contribution in [-0.4, -0.2) is 42.3 Å². The molecule has 0 radical (unpaired) electrons. The second-order valence-corrected chi connectivity index (χ2v) is 4.43. The first kappa shape index (κ1) is 15.2. The summed E-state index contributed by atoms with van der Waals surface area (Å²) in [6.07, 6.45) is 2.45. The summed E-state index contributed by atoms with van der Waals surface area (Å²) in [5, 5.41) is 12.0. The highest BCUT2D eigenvalue weighted by Gasteiger charge is 2.10. The Labute approximate surface area is 99.0 Å². The highest BCUT2D eigenvalue weighted by molar-refractivity contribution is 5.73. The number of hydrogen-bond donors (Lipinski definition) is 2. The van der Waals surface area contributed by atoms with Crippen LogP contribution >= 0.6 is 0 Å². The van der Waals surface area contributed by atoms with Crippen molar-refractivity contribution in [3.63, 3.8) is 0 Å². The van der Waals surface area contributed by atoms with E-state index in [1.54, 1.807) is 18.9 Å². The van der Waals surface area contributed by atoms with E-state index in [0.29, 0.717) is 18.9 Å². The molecule has 0 aliphatic rings. The highest BCUT2D eigenvalue weighted by atomic mass is 16.3. The Balaban J connectivity index is 3.78. The molecular weight excluding hydrogens is 204 g/mol. The maximum atomic E-state index is 11.6. The zero-order valence-corrected chi connectivity index (χ0v) is 11.0. The van der Waals surface area contributed by atoms with Crippen LogP contribution in [0.2, 0.25) is 0 Å². The fraction of sp³-hybridized carbons (Fsp3) is 0.917. The largest absolute Gasteiger partial charge is 0.393 e. The molecule has 96 valence electrons. The third-order valence-corrected chi connectivity index (χ3v) is 2.93. The minimum atomic E-state index is -0.353. The summed E-state index contributed by atoms with van der Waals surface area (Å²) >= 11 is 0. The Kier molecular flexibility index (Phi) is 7.99. The molecular formula is C12H26N2O2. The Hall–Kier alpha value is -0.770. The number of hydrogen-bond acceptors (Lipinski definition) is 2. The molecule has 0 aromatic heterocycles. The van der Waals surface area contributed by atoms with Gasteiger partial charge in [-0.05, 0) is 19.3 Å². The van der Waals surface area contributed by atoms with Crippen molar-refractivity contribution >= 4 is 6.03 Å². The first-order valence-electron chi connectivity index (χ1n) is 6.18. The Morgan fingerprint density at radius 2 is 1.94 bits per heavy atom. The zero-order chi connectivity index (χ0) is 12.6. The predicted molar refractivity (Wildman–Crippen MR) is 66.4 cm³/mol. The minimum Gasteiger partial charge on any atom is -0.393 e. The van der Waals surface area contributed by atoms with E-state index in [0.717, 1.165) is 19.4 Å². The second-order valence-electron chi connectivity index (χ2n) is 4.43. The van der Waals surface area contributed by atoms with E-state index in [9.17, 15) is 4.79 Å². The van der Waals surface area contributed by atoms with Gasteiger partial charge in [-0.2, -0.15) is 0 Å². The molecule has 0 fully saturated rings. The lowest BCUT2D eigenvalue weighted by Gasteiger charge is -2.20. The fourth-order valence-electron chi connectivity index (χ4n) is 1.43. The minimum absolute atomic E-state index is 0.0486. The molecule has 0 spiro atoms. The standard InChI is InChI=1S/C12H26N2O2/c1-5-11(6-2)9-13-12(16)14(4)8-7-10(3)15/h10-11,15H,5-9H2,1-4H3,(H,13,16). The van der Waals surface area contributed by atoms with Crippen LogP contribution in [0.5, 0.6) is 0 Å². The smallest absolute Gasteiger partial charge is 0.317 e. The van der Waals surface area contributed by atoms with Gasteiger partial charge >= 0.3 is 6.03 Å². The lowest BCUT2D eigenvalue weighted by molar-refractivity contribution is 0.163. The summed E-state index contributed by atoms with van der Waals surface area (Å²) in [5.74, 6) is 0.564. The molecule has 1 atom stereocenters. The van der Waals surface area contributed by atoms with Gasteiger partial charge in [0.2, 0.25) is 0 Å². The van der Waals surface area contributed by atoms with Crippen molar-refractivity contribution in [3.8, 4) is 0 Å². The molecule has 2 amide bonds. The molecule has 0 aromatic rings. The number of carbonyl (C=O) groups excluding carboxylic acids is 1. The number of aliphatic hydroxyl groups is 1. The molecule has 2 N–H and O–H groups in total. The average molecular weight is 230 g/mol. The number of amides is 2. The number of urea groups is 1. The van der Waals surface area contributed by atoms with Crippen LogP contribution in [0, 0.1) is 5.92 Å². The highest BCUT2D eigenvalue weighted by Crippen LogP contribution is 2.05. The van der Waals surface area contributed by atoms with Gasteiger partial charge in [-0.15, -0.1) is 0 Å². The molecule has 0 saturated heterocycles. The summed E-state index contributed by atoms with van der Waals surface area (Å²) in [7, 11) is 1.75. The Morgan fingerprint density at radius 3 is 2.38 bits per heavy atom. The maximum Gasteiger partial charge on any atom is 0.317 e. The van der Waals surface area contributed by atoms with E-state index in [4.69, 9.17) is 5.11 Å². The summed E-state index contributed by atoms with van der Waals surface area (Å²) in [4.78, 5) is 13.2. The van der Waals surface area contributed by atoms with E-state index in [2.05, 4.69) is 19.2 Å². The van der Waals surface area contributed by atoms with E-state index < -0.39 is 0 Å². The molecule has 0 aliphatic heterocycles. The average Bonchev–Trinajstić information content (AvgIpc) is 2.26. The predicted octanol–water partition coefficient (Wildman–Crippen LogP) is 1.83. The first-order valence-corrected chi connectivity index (χ1v) is 6.18.